The molecule has 0 aliphatic carbocycles. The van der Waals surface area contributed by atoms with Crippen LogP contribution in [0.15, 0.2) is 66.7 Å². The minimum Gasteiger partial charge on any atom is -0.507 e. The maximum Gasteiger partial charge on any atom is 0.248 e. The summed E-state index contributed by atoms with van der Waals surface area (Å²) in [4.78, 5) is 36.1. The normalized spacial score (nSPS) is 10.5. The summed E-state index contributed by atoms with van der Waals surface area (Å²) >= 11 is 0. The van der Waals surface area contributed by atoms with Gasteiger partial charge in [0.05, 0.1) is 11.1 Å². The zero-order valence-electron chi connectivity index (χ0n) is 16.6. The second-order valence-corrected chi connectivity index (χ2v) is 6.77. The Morgan fingerprint density at radius 3 is 1.84 bits per heavy atom. The number of anilines is 1. The number of nitrogens with zero attached hydrogens (tertiary/aromatic N) is 3. The van der Waals surface area contributed by atoms with E-state index >= 15 is 0 Å². The first-order valence-electron chi connectivity index (χ1n) is 9.44. The predicted molar refractivity (Wildman–Crippen MR) is 118 cm³/mol. The van der Waals surface area contributed by atoms with E-state index in [4.69, 9.17) is 5.73 Å². The van der Waals surface area contributed by atoms with Gasteiger partial charge in [-0.2, -0.15) is 0 Å². The van der Waals surface area contributed by atoms with Crippen LogP contribution in [-0.2, 0) is 4.79 Å². The van der Waals surface area contributed by atoms with Crippen LogP contribution in [0.3, 0.4) is 0 Å². The minimum absolute atomic E-state index is 0.0397. The maximum atomic E-state index is 11.8. The summed E-state index contributed by atoms with van der Waals surface area (Å²) in [6.45, 7) is 0. The molecule has 9 nitrogen and oxygen atoms in total. The predicted octanol–water partition coefficient (Wildman–Crippen LogP) is 2.95. The van der Waals surface area contributed by atoms with E-state index in [9.17, 15) is 19.8 Å². The number of para-hydroxylation sites is 2. The fraction of sp³-hybridized carbons (Fsp3) is 0. The highest BCUT2D eigenvalue weighted by Crippen LogP contribution is 2.32. The fourth-order valence-electron chi connectivity index (χ4n) is 3.12. The summed E-state index contributed by atoms with van der Waals surface area (Å²) in [5.74, 6) is -0.323. The number of carbonyl (C=O) groups is 2. The van der Waals surface area contributed by atoms with Crippen molar-refractivity contribution in [2.45, 2.75) is 0 Å². The molecule has 0 aliphatic heterocycles. The number of phenolic OH excluding ortho intramolecular Hbond substituents is 2. The van der Waals surface area contributed by atoms with Gasteiger partial charge in [0.2, 0.25) is 12.3 Å². The van der Waals surface area contributed by atoms with Crippen molar-refractivity contribution in [1.29, 1.82) is 0 Å². The van der Waals surface area contributed by atoms with Crippen LogP contribution in [-0.4, -0.2) is 37.5 Å². The Morgan fingerprint density at radius 2 is 1.34 bits per heavy atom. The monoisotopic (exact) mass is 427 g/mol. The van der Waals surface area contributed by atoms with Crippen molar-refractivity contribution >= 4 is 18.0 Å². The van der Waals surface area contributed by atoms with Crippen molar-refractivity contribution in [3.63, 3.8) is 0 Å². The fourth-order valence-corrected chi connectivity index (χ4v) is 3.12. The van der Waals surface area contributed by atoms with Gasteiger partial charge in [-0.05, 0) is 42.5 Å². The molecule has 2 amide bonds. The minimum atomic E-state index is -0.697. The molecule has 0 bridgehead atoms. The molecule has 3 aromatic carbocycles. The quantitative estimate of drug-likeness (QED) is 0.345. The van der Waals surface area contributed by atoms with Crippen molar-refractivity contribution in [2.24, 2.45) is 5.73 Å². The van der Waals surface area contributed by atoms with Crippen molar-refractivity contribution in [1.82, 2.24) is 15.0 Å². The summed E-state index contributed by atoms with van der Waals surface area (Å²) in [7, 11) is 0. The van der Waals surface area contributed by atoms with Crippen LogP contribution >= 0.6 is 0 Å². The molecule has 9 heteroatoms. The van der Waals surface area contributed by atoms with Gasteiger partial charge in [0.15, 0.2) is 17.5 Å². The molecule has 1 aromatic heterocycles. The first-order valence-corrected chi connectivity index (χ1v) is 9.44. The number of hydrogen-bond acceptors (Lipinski definition) is 7. The molecule has 5 N–H and O–H groups in total. The van der Waals surface area contributed by atoms with E-state index in [1.54, 1.807) is 42.5 Å². The van der Waals surface area contributed by atoms with Crippen LogP contribution in [0, 0.1) is 0 Å². The summed E-state index contributed by atoms with van der Waals surface area (Å²) < 4.78 is 0. The number of amides is 2. The summed E-state index contributed by atoms with van der Waals surface area (Å²) in [6.07, 6.45) is 0.470. The molecule has 4 rings (SSSR count). The van der Waals surface area contributed by atoms with E-state index in [0.717, 1.165) is 0 Å². The smallest absolute Gasteiger partial charge is 0.248 e. The SMILES string of the molecule is NC(=O)c1cc(NC=O)cc(-c2nc(-c3ccccc3O)nc(-c3ccccc3O)n2)c1. The molecule has 0 atom stereocenters. The molecule has 0 fully saturated rings. The lowest BCUT2D eigenvalue weighted by molar-refractivity contribution is -0.105. The molecule has 158 valence electrons. The Kier molecular flexibility index (Phi) is 5.45. The number of nitrogens with one attached hydrogen (secondary N) is 1. The number of benzene rings is 3. The zero-order valence-corrected chi connectivity index (χ0v) is 16.6. The highest BCUT2D eigenvalue weighted by Gasteiger charge is 2.17. The van der Waals surface area contributed by atoms with Crippen LogP contribution in [0.4, 0.5) is 5.69 Å². The molecule has 0 aliphatic rings. The van der Waals surface area contributed by atoms with Crippen LogP contribution in [0.25, 0.3) is 34.2 Å². The molecular weight excluding hydrogens is 410 g/mol. The van der Waals surface area contributed by atoms with Crippen molar-refractivity contribution in [3.05, 3.63) is 72.3 Å². The van der Waals surface area contributed by atoms with E-state index in [0.29, 0.717) is 28.8 Å². The van der Waals surface area contributed by atoms with Crippen LogP contribution in [0.2, 0.25) is 0 Å². The van der Waals surface area contributed by atoms with Gasteiger partial charge in [0.1, 0.15) is 11.5 Å². The van der Waals surface area contributed by atoms with Crippen molar-refractivity contribution in [3.8, 4) is 45.7 Å². The van der Waals surface area contributed by atoms with Gasteiger partial charge >= 0.3 is 0 Å². The summed E-state index contributed by atoms with van der Waals surface area (Å²) in [6, 6.07) is 17.5. The number of rotatable bonds is 6. The van der Waals surface area contributed by atoms with E-state index < -0.39 is 5.91 Å². The Labute approximate surface area is 182 Å². The molecule has 0 saturated carbocycles. The van der Waals surface area contributed by atoms with Gasteiger partial charge in [-0.1, -0.05) is 24.3 Å². The lowest BCUT2D eigenvalue weighted by Gasteiger charge is -2.11. The Bertz CT molecular complexity index is 1280. The molecule has 0 saturated heterocycles. The zero-order chi connectivity index (χ0) is 22.7. The standard InChI is InChI=1S/C23H17N5O4/c24-20(32)13-9-14(11-15(10-13)25-12-29)21-26-22(16-5-1-3-7-18(16)30)28-23(27-21)17-6-2-4-8-19(17)31/h1-12,30-31H,(H2,24,32)(H,25,29). The second-order valence-electron chi connectivity index (χ2n) is 6.77. The van der Waals surface area contributed by atoms with Crippen molar-refractivity contribution < 1.29 is 19.8 Å². The molecular formula is C23H17N5O4. The van der Waals surface area contributed by atoms with Crippen LogP contribution in [0.1, 0.15) is 10.4 Å². The first-order chi connectivity index (χ1) is 15.5. The second kappa shape index (κ2) is 8.52. The number of carbonyl (C=O) groups excluding carboxylic acids is 2. The lowest BCUT2D eigenvalue weighted by atomic mass is 10.1. The van der Waals surface area contributed by atoms with Gasteiger partial charge in [-0.3, -0.25) is 9.59 Å². The number of aromatic hydroxyl groups is 2. The third kappa shape index (κ3) is 4.08. The Balaban J connectivity index is 1.98. The van der Waals surface area contributed by atoms with Crippen LogP contribution in [0.5, 0.6) is 11.5 Å². The highest BCUT2D eigenvalue weighted by molar-refractivity contribution is 5.96. The van der Waals surface area contributed by atoms with Gasteiger partial charge in [-0.15, -0.1) is 0 Å². The van der Waals surface area contributed by atoms with Gasteiger partial charge in [0, 0.05) is 16.8 Å². The molecule has 0 spiro atoms. The number of primary amides is 1. The van der Waals surface area contributed by atoms with Gasteiger partial charge < -0.3 is 21.3 Å². The van der Waals surface area contributed by atoms with E-state index in [1.165, 1.54) is 24.3 Å². The highest BCUT2D eigenvalue weighted by atomic mass is 16.3. The van der Waals surface area contributed by atoms with E-state index in [-0.39, 0.29) is 34.5 Å². The molecule has 0 radical (unpaired) electrons. The largest absolute Gasteiger partial charge is 0.507 e. The van der Waals surface area contributed by atoms with Crippen LogP contribution < -0.4 is 11.1 Å². The topological polar surface area (TPSA) is 151 Å². The Morgan fingerprint density at radius 1 is 0.812 bits per heavy atom. The van der Waals surface area contributed by atoms with Crippen molar-refractivity contribution in [2.75, 3.05) is 5.32 Å². The molecule has 4 aromatic rings. The molecule has 32 heavy (non-hydrogen) atoms. The summed E-state index contributed by atoms with van der Waals surface area (Å²) in [5, 5.41) is 23.1. The first kappa shape index (κ1) is 20.5. The average molecular weight is 427 g/mol. The molecule has 0 unspecified atom stereocenters. The summed E-state index contributed by atoms with van der Waals surface area (Å²) in [5.41, 5.74) is 6.97. The molecule has 1 heterocycles. The average Bonchev–Trinajstić information content (AvgIpc) is 2.79. The lowest BCUT2D eigenvalue weighted by Crippen LogP contribution is -2.12. The van der Waals surface area contributed by atoms with E-state index in [2.05, 4.69) is 20.3 Å². The third-order valence-electron chi connectivity index (χ3n) is 4.63. The third-order valence-corrected chi connectivity index (χ3v) is 4.63. The number of aromatic nitrogens is 3. The number of hydrogen-bond donors (Lipinski definition) is 4. The number of nitrogens with two attached hydrogens (primary N) is 1. The number of phenols is 2. The van der Waals surface area contributed by atoms with Gasteiger partial charge in [-0.25, -0.2) is 15.0 Å². The van der Waals surface area contributed by atoms with Gasteiger partial charge in [0.25, 0.3) is 0 Å². The van der Waals surface area contributed by atoms with E-state index in [1.807, 2.05) is 0 Å². The Hall–Kier alpha value is -4.79. The maximum absolute atomic E-state index is 11.8.